The maximum Gasteiger partial charge on any atom is 0.417 e. The highest BCUT2D eigenvalue weighted by Crippen LogP contribution is 2.39. The van der Waals surface area contributed by atoms with Gasteiger partial charge in [-0.2, -0.15) is 0 Å². The van der Waals surface area contributed by atoms with Crippen molar-refractivity contribution in [2.75, 3.05) is 5.75 Å². The first-order valence-electron chi connectivity index (χ1n) is 7.32. The predicted octanol–water partition coefficient (Wildman–Crippen LogP) is 2.86. The van der Waals surface area contributed by atoms with Crippen LogP contribution in [0.15, 0.2) is 30.3 Å². The molecule has 120 valence electrons. The fourth-order valence-corrected chi connectivity index (χ4v) is 3.57. The van der Waals surface area contributed by atoms with Gasteiger partial charge >= 0.3 is 6.09 Å². The zero-order valence-corrected chi connectivity index (χ0v) is 14.1. The quantitative estimate of drug-likeness (QED) is 0.929. The van der Waals surface area contributed by atoms with Gasteiger partial charge in [-0.15, -0.1) is 11.8 Å². The molecular formula is C16H22N2O3S. The number of carbonyl (C=O) groups is 2. The average molecular weight is 322 g/mol. The maximum absolute atomic E-state index is 12.5. The first-order chi connectivity index (χ1) is 10.3. The van der Waals surface area contributed by atoms with Crippen LogP contribution in [-0.4, -0.2) is 39.6 Å². The van der Waals surface area contributed by atoms with Gasteiger partial charge < -0.3 is 10.1 Å². The SMILES string of the molecule is CC(C)NC(=O)C1CSC(C)(C)N1C(=O)Oc1ccccc1. The van der Waals surface area contributed by atoms with E-state index < -0.39 is 17.0 Å². The Labute approximate surface area is 135 Å². The smallest absolute Gasteiger partial charge is 0.410 e. The summed E-state index contributed by atoms with van der Waals surface area (Å²) in [4.78, 5) is 25.9. The van der Waals surface area contributed by atoms with Gasteiger partial charge in [-0.1, -0.05) is 18.2 Å². The Kier molecular flexibility index (Phi) is 5.01. The third kappa shape index (κ3) is 3.74. The van der Waals surface area contributed by atoms with Crippen molar-refractivity contribution in [2.24, 2.45) is 0 Å². The molecule has 2 amide bonds. The van der Waals surface area contributed by atoms with Crippen LogP contribution in [0.2, 0.25) is 0 Å². The van der Waals surface area contributed by atoms with Crippen molar-refractivity contribution in [3.8, 4) is 5.75 Å². The second-order valence-electron chi connectivity index (χ2n) is 5.99. The first-order valence-corrected chi connectivity index (χ1v) is 8.30. The lowest BCUT2D eigenvalue weighted by molar-refractivity contribution is -0.125. The molecule has 1 unspecified atom stereocenters. The van der Waals surface area contributed by atoms with Crippen molar-refractivity contribution in [1.82, 2.24) is 10.2 Å². The van der Waals surface area contributed by atoms with Crippen molar-refractivity contribution in [1.29, 1.82) is 0 Å². The molecule has 0 aromatic heterocycles. The molecule has 1 fully saturated rings. The number of benzene rings is 1. The molecule has 0 saturated carbocycles. The van der Waals surface area contributed by atoms with Crippen molar-refractivity contribution >= 4 is 23.8 Å². The second kappa shape index (κ2) is 6.60. The number of thioether (sulfide) groups is 1. The Morgan fingerprint density at radius 2 is 1.95 bits per heavy atom. The van der Waals surface area contributed by atoms with E-state index in [1.165, 1.54) is 4.90 Å². The van der Waals surface area contributed by atoms with Crippen molar-refractivity contribution in [3.63, 3.8) is 0 Å². The summed E-state index contributed by atoms with van der Waals surface area (Å²) in [5.74, 6) is 0.899. The van der Waals surface area contributed by atoms with E-state index in [0.717, 1.165) is 0 Å². The minimum atomic E-state index is -0.515. The van der Waals surface area contributed by atoms with E-state index in [0.29, 0.717) is 11.5 Å². The molecule has 0 spiro atoms. The average Bonchev–Trinajstić information content (AvgIpc) is 2.75. The zero-order valence-electron chi connectivity index (χ0n) is 13.3. The fraction of sp³-hybridized carbons (Fsp3) is 0.500. The standard InChI is InChI=1S/C16H22N2O3S/c1-11(2)17-14(19)13-10-22-16(3,4)18(13)15(20)21-12-8-6-5-7-9-12/h5-9,11,13H,10H2,1-4H3,(H,17,19). The number of hydrogen-bond acceptors (Lipinski definition) is 4. The largest absolute Gasteiger partial charge is 0.417 e. The molecule has 2 rings (SSSR count). The van der Waals surface area contributed by atoms with Gasteiger partial charge in [0.15, 0.2) is 0 Å². The molecule has 1 N–H and O–H groups in total. The third-order valence-electron chi connectivity index (χ3n) is 3.36. The topological polar surface area (TPSA) is 58.6 Å². The zero-order chi connectivity index (χ0) is 16.3. The number of rotatable bonds is 3. The van der Waals surface area contributed by atoms with Crippen molar-refractivity contribution < 1.29 is 14.3 Å². The summed E-state index contributed by atoms with van der Waals surface area (Å²) >= 11 is 1.57. The lowest BCUT2D eigenvalue weighted by Gasteiger charge is -2.33. The molecule has 1 heterocycles. The summed E-state index contributed by atoms with van der Waals surface area (Å²) < 4.78 is 5.41. The van der Waals surface area contributed by atoms with Gasteiger partial charge in [0.25, 0.3) is 0 Å². The Balaban J connectivity index is 2.16. The van der Waals surface area contributed by atoms with E-state index in [1.54, 1.807) is 36.0 Å². The van der Waals surface area contributed by atoms with Crippen molar-refractivity contribution in [2.45, 2.75) is 44.6 Å². The molecule has 1 aliphatic rings. The van der Waals surface area contributed by atoms with Crippen LogP contribution in [0.25, 0.3) is 0 Å². The second-order valence-corrected chi connectivity index (χ2v) is 7.61. The van der Waals surface area contributed by atoms with Gasteiger partial charge in [0, 0.05) is 11.8 Å². The number of nitrogens with one attached hydrogen (secondary N) is 1. The lowest BCUT2D eigenvalue weighted by Crippen LogP contribution is -2.54. The monoisotopic (exact) mass is 322 g/mol. The molecule has 0 radical (unpaired) electrons. The summed E-state index contributed by atoms with van der Waals surface area (Å²) in [5, 5.41) is 2.87. The van der Waals surface area contributed by atoms with Gasteiger partial charge in [-0.25, -0.2) is 4.79 Å². The van der Waals surface area contributed by atoms with E-state index in [1.807, 2.05) is 33.8 Å². The first kappa shape index (κ1) is 16.7. The summed E-state index contributed by atoms with van der Waals surface area (Å²) in [6.45, 7) is 7.65. The summed E-state index contributed by atoms with van der Waals surface area (Å²) in [7, 11) is 0. The Hall–Kier alpha value is -1.69. The Morgan fingerprint density at radius 3 is 2.55 bits per heavy atom. The highest BCUT2D eigenvalue weighted by molar-refractivity contribution is 8.00. The van der Waals surface area contributed by atoms with Crippen LogP contribution in [0.3, 0.4) is 0 Å². The van der Waals surface area contributed by atoms with Crippen LogP contribution >= 0.6 is 11.8 Å². The molecule has 0 bridgehead atoms. The van der Waals surface area contributed by atoms with Gasteiger partial charge in [0.05, 0.1) is 4.87 Å². The summed E-state index contributed by atoms with van der Waals surface area (Å²) in [5.41, 5.74) is 0. The molecule has 1 aromatic carbocycles. The third-order valence-corrected chi connectivity index (χ3v) is 4.75. The van der Waals surface area contributed by atoms with E-state index >= 15 is 0 Å². The van der Waals surface area contributed by atoms with Crippen LogP contribution in [0.1, 0.15) is 27.7 Å². The molecule has 5 nitrogen and oxygen atoms in total. The Morgan fingerprint density at radius 1 is 1.32 bits per heavy atom. The van der Waals surface area contributed by atoms with E-state index in [-0.39, 0.29) is 11.9 Å². The van der Waals surface area contributed by atoms with Gasteiger partial charge in [-0.05, 0) is 39.8 Å². The predicted molar refractivity (Wildman–Crippen MR) is 87.9 cm³/mol. The van der Waals surface area contributed by atoms with Gasteiger partial charge in [0.2, 0.25) is 5.91 Å². The number of hydrogen-bond donors (Lipinski definition) is 1. The summed E-state index contributed by atoms with van der Waals surface area (Å²) in [6, 6.07) is 8.41. The molecule has 1 atom stereocenters. The Bertz CT molecular complexity index is 546. The number of para-hydroxylation sites is 1. The van der Waals surface area contributed by atoms with Crippen LogP contribution < -0.4 is 10.1 Å². The summed E-state index contributed by atoms with van der Waals surface area (Å²) in [6.07, 6.45) is -0.495. The molecule has 6 heteroatoms. The molecule has 22 heavy (non-hydrogen) atoms. The van der Waals surface area contributed by atoms with E-state index in [4.69, 9.17) is 4.74 Å². The van der Waals surface area contributed by atoms with Gasteiger partial charge in [0.1, 0.15) is 11.8 Å². The number of carbonyl (C=O) groups excluding carboxylic acids is 2. The van der Waals surface area contributed by atoms with Gasteiger partial charge in [-0.3, -0.25) is 9.69 Å². The van der Waals surface area contributed by atoms with Crippen LogP contribution in [-0.2, 0) is 4.79 Å². The molecule has 1 saturated heterocycles. The normalized spacial score (nSPS) is 20.0. The van der Waals surface area contributed by atoms with E-state index in [9.17, 15) is 9.59 Å². The molecule has 1 aliphatic heterocycles. The minimum absolute atomic E-state index is 0.0354. The highest BCUT2D eigenvalue weighted by Gasteiger charge is 2.47. The van der Waals surface area contributed by atoms with E-state index in [2.05, 4.69) is 5.32 Å². The number of ether oxygens (including phenoxy) is 1. The number of nitrogens with zero attached hydrogens (tertiary/aromatic N) is 1. The molecule has 1 aromatic rings. The van der Waals surface area contributed by atoms with Crippen LogP contribution in [0, 0.1) is 0 Å². The fourth-order valence-electron chi connectivity index (χ4n) is 2.36. The minimum Gasteiger partial charge on any atom is -0.410 e. The van der Waals surface area contributed by atoms with Crippen LogP contribution in [0.4, 0.5) is 4.79 Å². The molecule has 0 aliphatic carbocycles. The molecular weight excluding hydrogens is 300 g/mol. The maximum atomic E-state index is 12.5. The highest BCUT2D eigenvalue weighted by atomic mass is 32.2. The lowest BCUT2D eigenvalue weighted by atomic mass is 10.2. The van der Waals surface area contributed by atoms with Crippen LogP contribution in [0.5, 0.6) is 5.75 Å². The number of amides is 2. The van der Waals surface area contributed by atoms with Crippen molar-refractivity contribution in [3.05, 3.63) is 30.3 Å².